The molecule has 0 atom stereocenters. The predicted molar refractivity (Wildman–Crippen MR) is 48.5 cm³/mol. The largest absolute Gasteiger partial charge is 0.478 e. The van der Waals surface area contributed by atoms with Crippen LogP contribution in [0, 0.1) is 11.8 Å². The second-order valence-corrected chi connectivity index (χ2v) is 2.54. The van der Waals surface area contributed by atoms with Crippen molar-refractivity contribution in [2.24, 2.45) is 5.34 Å². The Bertz CT molecular complexity index is 322. The fraction of sp³-hybridized carbons (Fsp3) is 0.143. The molecule has 14 heavy (non-hydrogen) atoms. The third-order valence-corrected chi connectivity index (χ3v) is 1.61. The smallest absolute Gasteiger partial charge is 0.339 e. The molecule has 7 heteroatoms. The molecule has 0 aliphatic heterocycles. The summed E-state index contributed by atoms with van der Waals surface area (Å²) in [6.45, 7) is 1.68. The molecule has 76 valence electrons. The summed E-state index contributed by atoms with van der Waals surface area (Å²) in [5.41, 5.74) is 0.701. The second-order valence-electron chi connectivity index (χ2n) is 2.18. The van der Waals surface area contributed by atoms with Crippen molar-refractivity contribution in [1.29, 1.82) is 0 Å². The van der Waals surface area contributed by atoms with Crippen LogP contribution in [0.4, 0.5) is 0 Å². The molecule has 0 amide bonds. The van der Waals surface area contributed by atoms with Gasteiger partial charge >= 0.3 is 5.97 Å². The number of aromatic nitrogens is 1. The van der Waals surface area contributed by atoms with Gasteiger partial charge in [-0.25, -0.2) is 9.78 Å². The van der Waals surface area contributed by atoms with Crippen molar-refractivity contribution >= 4 is 17.6 Å². The monoisotopic (exact) mass is 218 g/mol. The molecule has 0 saturated carbocycles. The lowest BCUT2D eigenvalue weighted by atomic mass is 10.2. The molecule has 0 bridgehead atoms. The molecule has 0 fully saturated rings. The maximum atomic E-state index is 10.5. The summed E-state index contributed by atoms with van der Waals surface area (Å²) in [7, 11) is 0. The first-order valence-corrected chi connectivity index (χ1v) is 3.73. The topological polar surface area (TPSA) is 99.8 Å². The van der Waals surface area contributed by atoms with Crippen LogP contribution in [0.1, 0.15) is 15.9 Å². The van der Waals surface area contributed by atoms with Crippen LogP contribution in [0.3, 0.4) is 0 Å². The van der Waals surface area contributed by atoms with E-state index in [0.717, 1.165) is 0 Å². The lowest BCUT2D eigenvalue weighted by molar-refractivity contribution is 0.0696. The Morgan fingerprint density at radius 3 is 2.43 bits per heavy atom. The highest BCUT2D eigenvalue weighted by Gasteiger charge is 2.11. The fourth-order valence-corrected chi connectivity index (χ4v) is 1.07. The predicted octanol–water partition coefficient (Wildman–Crippen LogP) is 1.88. The van der Waals surface area contributed by atoms with E-state index in [2.05, 4.69) is 4.98 Å². The van der Waals surface area contributed by atoms with Gasteiger partial charge in [0.1, 0.15) is 5.15 Å². The van der Waals surface area contributed by atoms with Gasteiger partial charge < -0.3 is 10.3 Å². The number of halogens is 1. The van der Waals surface area contributed by atoms with Crippen LogP contribution in [-0.4, -0.2) is 21.3 Å². The Kier molecular flexibility index (Phi) is 5.16. The SMILES string of the molecule is Cc1ccnc(Cl)c1C(=O)O.O=NO. The van der Waals surface area contributed by atoms with E-state index in [0.29, 0.717) is 5.56 Å². The zero-order valence-corrected chi connectivity index (χ0v) is 7.89. The van der Waals surface area contributed by atoms with Crippen LogP contribution in [0.25, 0.3) is 0 Å². The minimum absolute atomic E-state index is 0.0394. The van der Waals surface area contributed by atoms with Crippen molar-refractivity contribution in [2.45, 2.75) is 6.92 Å². The summed E-state index contributed by atoms with van der Waals surface area (Å²) in [6, 6.07) is 1.61. The summed E-state index contributed by atoms with van der Waals surface area (Å²) in [4.78, 5) is 22.3. The summed E-state index contributed by atoms with van der Waals surface area (Å²) >= 11 is 5.53. The molecule has 0 unspecified atom stereocenters. The molecule has 2 N–H and O–H groups in total. The third-order valence-electron chi connectivity index (χ3n) is 1.33. The molecule has 0 aliphatic rings. The second kappa shape index (κ2) is 5.87. The van der Waals surface area contributed by atoms with Crippen molar-refractivity contribution in [3.63, 3.8) is 0 Å². The summed E-state index contributed by atoms with van der Waals surface area (Å²) in [5, 5.41) is 16.6. The lowest BCUT2D eigenvalue weighted by Gasteiger charge is -1.99. The van der Waals surface area contributed by atoms with Crippen molar-refractivity contribution in [3.05, 3.63) is 33.5 Å². The van der Waals surface area contributed by atoms with Crippen LogP contribution >= 0.6 is 11.6 Å². The van der Waals surface area contributed by atoms with Gasteiger partial charge in [0.05, 0.1) is 5.56 Å². The lowest BCUT2D eigenvalue weighted by Crippen LogP contribution is -2.01. The molecular formula is C7H7ClN2O4. The van der Waals surface area contributed by atoms with E-state index in [4.69, 9.17) is 26.8 Å². The van der Waals surface area contributed by atoms with E-state index in [1.807, 2.05) is 0 Å². The standard InChI is InChI=1S/C7H6ClNO2.HNO2/c1-4-2-3-9-6(8)5(4)7(10)11;2-1-3/h2-3H,1H3,(H,10,11);(H,2,3). The van der Waals surface area contributed by atoms with Gasteiger partial charge in [0.2, 0.25) is 0 Å². The Balaban J connectivity index is 0.000000500. The van der Waals surface area contributed by atoms with Gasteiger partial charge in [0.25, 0.3) is 0 Å². The van der Waals surface area contributed by atoms with Crippen LogP contribution < -0.4 is 0 Å². The fourth-order valence-electron chi connectivity index (χ4n) is 0.782. The first kappa shape index (κ1) is 12.3. The quantitative estimate of drug-likeness (QED) is 0.426. The highest BCUT2D eigenvalue weighted by Crippen LogP contribution is 2.15. The average molecular weight is 219 g/mol. The number of carbonyl (C=O) groups is 1. The zero-order chi connectivity index (χ0) is 11.1. The average Bonchev–Trinajstić information content (AvgIpc) is 2.04. The van der Waals surface area contributed by atoms with E-state index >= 15 is 0 Å². The molecule has 0 saturated heterocycles. The molecule has 0 radical (unpaired) electrons. The third kappa shape index (κ3) is 3.36. The normalized spacial score (nSPS) is 8.43. The van der Waals surface area contributed by atoms with Gasteiger partial charge in [-0.1, -0.05) is 11.6 Å². The van der Waals surface area contributed by atoms with E-state index < -0.39 is 5.97 Å². The minimum Gasteiger partial charge on any atom is -0.478 e. The van der Waals surface area contributed by atoms with Crippen molar-refractivity contribution in [2.75, 3.05) is 0 Å². The summed E-state index contributed by atoms with van der Waals surface area (Å²) in [5.74, 6) is -1.04. The number of pyridine rings is 1. The van der Waals surface area contributed by atoms with Gasteiger partial charge in [0, 0.05) is 6.20 Å². The number of carboxylic acids is 1. The Morgan fingerprint density at radius 1 is 1.64 bits per heavy atom. The van der Waals surface area contributed by atoms with Crippen molar-refractivity contribution in [1.82, 2.24) is 4.98 Å². The van der Waals surface area contributed by atoms with Crippen LogP contribution in [0.5, 0.6) is 0 Å². The molecule has 1 rings (SSSR count). The van der Waals surface area contributed by atoms with Crippen molar-refractivity contribution < 1.29 is 15.1 Å². The first-order valence-electron chi connectivity index (χ1n) is 3.35. The van der Waals surface area contributed by atoms with E-state index in [1.165, 1.54) is 11.5 Å². The van der Waals surface area contributed by atoms with Crippen LogP contribution in [0.2, 0.25) is 5.15 Å². The first-order chi connectivity index (χ1) is 6.54. The van der Waals surface area contributed by atoms with Gasteiger partial charge in [-0.2, -0.15) is 0 Å². The Labute approximate surface area is 84.1 Å². The number of hydrogen-bond acceptors (Lipinski definition) is 4. The van der Waals surface area contributed by atoms with Gasteiger partial charge in [0.15, 0.2) is 5.34 Å². The Morgan fingerprint density at radius 2 is 2.14 bits per heavy atom. The van der Waals surface area contributed by atoms with Gasteiger partial charge in [-0.05, 0) is 18.6 Å². The van der Waals surface area contributed by atoms with Crippen molar-refractivity contribution in [3.8, 4) is 0 Å². The maximum Gasteiger partial charge on any atom is 0.339 e. The van der Waals surface area contributed by atoms with E-state index in [-0.39, 0.29) is 10.7 Å². The van der Waals surface area contributed by atoms with Gasteiger partial charge in [-0.15, -0.1) is 4.91 Å². The Hall–Kier alpha value is -1.69. The molecule has 0 aliphatic carbocycles. The zero-order valence-electron chi connectivity index (χ0n) is 7.14. The maximum absolute atomic E-state index is 10.5. The number of aromatic carboxylic acids is 1. The summed E-state index contributed by atoms with van der Waals surface area (Å²) in [6.07, 6.45) is 1.48. The molecule has 0 aromatic carbocycles. The van der Waals surface area contributed by atoms with E-state index in [9.17, 15) is 4.79 Å². The highest BCUT2D eigenvalue weighted by atomic mass is 35.5. The number of rotatable bonds is 1. The number of carboxylic acid groups (broad SMARTS) is 1. The van der Waals surface area contributed by atoms with Gasteiger partial charge in [-0.3, -0.25) is 0 Å². The molecule has 1 aromatic rings. The molecule has 0 spiro atoms. The molecule has 6 nitrogen and oxygen atoms in total. The van der Waals surface area contributed by atoms with Crippen LogP contribution in [-0.2, 0) is 0 Å². The van der Waals surface area contributed by atoms with E-state index in [1.54, 1.807) is 13.0 Å². The minimum atomic E-state index is -1.04. The molecular weight excluding hydrogens is 212 g/mol. The molecule has 1 aromatic heterocycles. The number of hydrogen-bond donors (Lipinski definition) is 2. The van der Waals surface area contributed by atoms with Crippen LogP contribution in [0.15, 0.2) is 17.6 Å². The summed E-state index contributed by atoms with van der Waals surface area (Å²) < 4.78 is 0. The number of nitrogens with zero attached hydrogens (tertiary/aromatic N) is 2. The highest BCUT2D eigenvalue weighted by molar-refractivity contribution is 6.32. The molecule has 1 heterocycles. The number of aryl methyl sites for hydroxylation is 1.